The van der Waals surface area contributed by atoms with Crippen molar-refractivity contribution < 1.29 is 31.8 Å². The minimum Gasteiger partial charge on any atom is -0.493 e. The van der Waals surface area contributed by atoms with Crippen LogP contribution in [0.4, 0.5) is 15.8 Å². The lowest BCUT2D eigenvalue weighted by Crippen LogP contribution is -2.38. The summed E-state index contributed by atoms with van der Waals surface area (Å²) in [6.45, 7) is -0.0544. The first kappa shape index (κ1) is 23.6. The molecular formula is C23H21FN2O6S2. The normalized spacial score (nSPS) is 15.7. The Labute approximate surface area is 200 Å². The van der Waals surface area contributed by atoms with Gasteiger partial charge in [0, 0.05) is 24.0 Å². The van der Waals surface area contributed by atoms with E-state index in [4.69, 9.17) is 14.2 Å². The third kappa shape index (κ3) is 4.19. The van der Waals surface area contributed by atoms with Crippen LogP contribution >= 0.6 is 11.3 Å². The van der Waals surface area contributed by atoms with Gasteiger partial charge in [-0.05, 0) is 29.1 Å². The molecule has 8 nitrogen and oxygen atoms in total. The molecule has 0 fully saturated rings. The number of methoxy groups -OCH3 is 3. The Morgan fingerprint density at radius 1 is 1.03 bits per heavy atom. The van der Waals surface area contributed by atoms with Crippen molar-refractivity contribution in [3.05, 3.63) is 75.2 Å². The number of Topliss-reactive ketones (excluding diaryl/α,β-unsaturated/α-hetero) is 1. The average molecular weight is 505 g/mol. The van der Waals surface area contributed by atoms with Crippen LogP contribution in [0.3, 0.4) is 0 Å². The van der Waals surface area contributed by atoms with Gasteiger partial charge in [-0.15, -0.1) is 11.3 Å². The second kappa shape index (κ2) is 9.35. The largest absolute Gasteiger partial charge is 0.493 e. The number of halogens is 1. The lowest BCUT2D eigenvalue weighted by Gasteiger charge is -2.29. The number of fused-ring (bicyclic) bond motifs is 1. The summed E-state index contributed by atoms with van der Waals surface area (Å²) in [7, 11) is 0.175. The Morgan fingerprint density at radius 3 is 2.26 bits per heavy atom. The summed E-state index contributed by atoms with van der Waals surface area (Å²) in [6.07, 6.45) is 1.15. The highest BCUT2D eigenvalue weighted by Crippen LogP contribution is 2.41. The third-order valence-electron chi connectivity index (χ3n) is 5.19. The molecule has 1 N–H and O–H groups in total. The molecule has 0 spiro atoms. The van der Waals surface area contributed by atoms with E-state index >= 15 is 0 Å². The first-order valence-electron chi connectivity index (χ1n) is 9.96. The molecule has 1 aliphatic heterocycles. The van der Waals surface area contributed by atoms with Crippen molar-refractivity contribution in [2.75, 3.05) is 31.0 Å². The Balaban J connectivity index is 1.73. The number of nitrogens with zero attached hydrogens (tertiary/aromatic N) is 1. The Hall–Kier alpha value is -3.57. The second-order valence-corrected chi connectivity index (χ2v) is 9.92. The van der Waals surface area contributed by atoms with Crippen molar-refractivity contribution in [3.8, 4) is 17.2 Å². The number of allylic oxidation sites excluding steroid dienone is 1. The Kier molecular flexibility index (Phi) is 6.49. The topological polar surface area (TPSA) is 94.2 Å². The summed E-state index contributed by atoms with van der Waals surface area (Å²) in [6, 6.07) is 10.3. The molecule has 0 amide bonds. The molecule has 34 heavy (non-hydrogen) atoms. The first-order chi connectivity index (χ1) is 16.3. The second-order valence-electron chi connectivity index (χ2n) is 7.17. The molecular weight excluding hydrogens is 483 g/mol. The average Bonchev–Trinajstić information content (AvgIpc) is 3.31. The van der Waals surface area contributed by atoms with Gasteiger partial charge in [0.15, 0.2) is 16.4 Å². The highest BCUT2D eigenvalue weighted by atomic mass is 32.2. The smallest absolute Gasteiger partial charge is 0.270 e. The van der Waals surface area contributed by atoms with E-state index in [-0.39, 0.29) is 6.54 Å². The van der Waals surface area contributed by atoms with Gasteiger partial charge in [-0.3, -0.25) is 9.10 Å². The van der Waals surface area contributed by atoms with Crippen molar-refractivity contribution in [3.63, 3.8) is 0 Å². The van der Waals surface area contributed by atoms with Gasteiger partial charge in [-0.2, -0.15) is 0 Å². The van der Waals surface area contributed by atoms with Crippen LogP contribution in [0.2, 0.25) is 0 Å². The van der Waals surface area contributed by atoms with Crippen molar-refractivity contribution in [2.24, 2.45) is 0 Å². The van der Waals surface area contributed by atoms with Crippen molar-refractivity contribution >= 4 is 38.5 Å². The van der Waals surface area contributed by atoms with E-state index in [1.165, 1.54) is 45.6 Å². The van der Waals surface area contributed by atoms with Crippen LogP contribution in [0.5, 0.6) is 17.2 Å². The highest BCUT2D eigenvalue weighted by Gasteiger charge is 2.41. The van der Waals surface area contributed by atoms with E-state index in [1.54, 1.807) is 23.6 Å². The molecule has 0 bridgehead atoms. The fourth-order valence-electron chi connectivity index (χ4n) is 3.53. The molecule has 0 radical (unpaired) electrons. The number of thiophene rings is 1. The summed E-state index contributed by atoms with van der Waals surface area (Å²) in [5, 5.41) is 4.52. The van der Waals surface area contributed by atoms with Gasteiger partial charge in [-0.1, -0.05) is 12.1 Å². The van der Waals surface area contributed by atoms with Crippen LogP contribution in [0.25, 0.3) is 0 Å². The van der Waals surface area contributed by atoms with Crippen LogP contribution in [-0.4, -0.2) is 35.5 Å². The van der Waals surface area contributed by atoms with Crippen molar-refractivity contribution in [1.29, 1.82) is 0 Å². The number of rotatable bonds is 7. The number of benzene rings is 2. The van der Waals surface area contributed by atoms with Crippen molar-refractivity contribution in [2.45, 2.75) is 6.54 Å². The zero-order valence-corrected chi connectivity index (χ0v) is 20.1. The van der Waals surface area contributed by atoms with Gasteiger partial charge in [0.25, 0.3) is 10.0 Å². The summed E-state index contributed by atoms with van der Waals surface area (Å²) in [5.74, 6) is 0.0588. The number of nitrogens with one attached hydrogen (secondary N) is 1. The predicted octanol–water partition coefficient (Wildman–Crippen LogP) is 4.40. The van der Waals surface area contributed by atoms with Gasteiger partial charge >= 0.3 is 0 Å². The highest BCUT2D eigenvalue weighted by molar-refractivity contribution is 7.97. The van der Waals surface area contributed by atoms with E-state index in [2.05, 4.69) is 5.32 Å². The number of carbonyl (C=O) groups is 1. The number of anilines is 2. The molecule has 0 unspecified atom stereocenters. The van der Waals surface area contributed by atoms with E-state index in [1.807, 2.05) is 0 Å². The lowest BCUT2D eigenvalue weighted by molar-refractivity contribution is 0.104. The number of ketones is 1. The maximum Gasteiger partial charge on any atom is 0.270 e. The minimum absolute atomic E-state index is 0.0544. The Bertz CT molecular complexity index is 1340. The summed E-state index contributed by atoms with van der Waals surface area (Å²) >= 11 is 1.15. The number of hydrogen-bond acceptors (Lipinski definition) is 8. The third-order valence-corrected chi connectivity index (χ3v) is 7.85. The zero-order chi connectivity index (χ0) is 24.5. The van der Waals surface area contributed by atoms with Crippen LogP contribution in [-0.2, 0) is 16.6 Å². The number of hydrogen-bond donors (Lipinski definition) is 1. The molecule has 2 heterocycles. The molecule has 0 saturated heterocycles. The summed E-state index contributed by atoms with van der Waals surface area (Å²) in [4.78, 5) is 13.0. The summed E-state index contributed by atoms with van der Waals surface area (Å²) < 4.78 is 57.4. The minimum atomic E-state index is -4.21. The zero-order valence-electron chi connectivity index (χ0n) is 18.5. The molecule has 0 saturated carbocycles. The van der Waals surface area contributed by atoms with E-state index < -0.39 is 26.5 Å². The molecule has 1 aliphatic rings. The number of ether oxygens (including phenoxy) is 3. The maximum atomic E-state index is 13.5. The van der Waals surface area contributed by atoms with Crippen molar-refractivity contribution in [1.82, 2.24) is 0 Å². The number of sulfonamides is 1. The SMILES string of the molecule is COc1cc(NC=C2C(=O)c3sccc3N(Cc3ccc(F)cc3)S2(=O)=O)cc(OC)c1OC. The Morgan fingerprint density at radius 2 is 1.68 bits per heavy atom. The molecule has 3 aromatic rings. The van der Waals surface area contributed by atoms with Crippen LogP contribution in [0.15, 0.2) is 58.9 Å². The monoisotopic (exact) mass is 504 g/mol. The predicted molar refractivity (Wildman–Crippen MR) is 128 cm³/mol. The van der Waals surface area contributed by atoms with E-state index in [0.29, 0.717) is 39.1 Å². The van der Waals surface area contributed by atoms with Gasteiger partial charge in [-0.25, -0.2) is 12.8 Å². The van der Waals surface area contributed by atoms with Crippen LogP contribution in [0.1, 0.15) is 15.2 Å². The molecule has 2 aromatic carbocycles. The first-order valence-corrected chi connectivity index (χ1v) is 12.3. The summed E-state index contributed by atoms with van der Waals surface area (Å²) in [5.41, 5.74) is 1.30. The molecule has 11 heteroatoms. The van der Waals surface area contributed by atoms with E-state index in [0.717, 1.165) is 21.8 Å². The molecule has 178 valence electrons. The van der Waals surface area contributed by atoms with Crippen LogP contribution in [0, 0.1) is 5.82 Å². The van der Waals surface area contributed by atoms with Gasteiger partial charge in [0.2, 0.25) is 11.5 Å². The maximum absolute atomic E-state index is 13.5. The molecule has 0 atom stereocenters. The molecule has 4 rings (SSSR count). The standard InChI is InChI=1S/C23H21FN2O6S2/c1-30-18-10-16(11-19(31-2)22(18)32-3)25-12-20-21(27)23-17(8-9-33-23)26(34(20,28)29)13-14-4-6-15(24)7-5-14/h4-12,25H,13H2,1-3H3. The lowest BCUT2D eigenvalue weighted by atomic mass is 10.2. The fraction of sp³-hybridized carbons (Fsp3) is 0.174. The fourth-order valence-corrected chi connectivity index (χ4v) is 6.01. The van der Waals surface area contributed by atoms with Gasteiger partial charge in [0.1, 0.15) is 10.7 Å². The van der Waals surface area contributed by atoms with Crippen LogP contribution < -0.4 is 23.8 Å². The quantitative estimate of drug-likeness (QED) is 0.477. The molecule has 0 aliphatic carbocycles. The number of carbonyl (C=O) groups excluding carboxylic acids is 1. The molecule has 1 aromatic heterocycles. The van der Waals surface area contributed by atoms with E-state index in [9.17, 15) is 17.6 Å². The van der Waals surface area contributed by atoms with Gasteiger partial charge in [0.05, 0.1) is 33.6 Å². The van der Waals surface area contributed by atoms with Gasteiger partial charge < -0.3 is 19.5 Å².